The lowest BCUT2D eigenvalue weighted by atomic mass is 9.86. The number of benzene rings is 2. The van der Waals surface area contributed by atoms with Crippen LogP contribution in [0.25, 0.3) is 0 Å². The molecule has 0 fully saturated rings. The van der Waals surface area contributed by atoms with Crippen LogP contribution in [0.15, 0.2) is 71.3 Å². The molecule has 1 unspecified atom stereocenters. The van der Waals surface area contributed by atoms with Crippen LogP contribution in [-0.2, 0) is 0 Å². The van der Waals surface area contributed by atoms with Crippen molar-refractivity contribution in [3.63, 3.8) is 0 Å². The zero-order chi connectivity index (χ0) is 16.9. The molecule has 0 radical (unpaired) electrons. The second kappa shape index (κ2) is 7.13. The molecule has 3 rings (SSSR count). The summed E-state index contributed by atoms with van der Waals surface area (Å²) in [4.78, 5) is 12.4. The van der Waals surface area contributed by atoms with Crippen LogP contribution >= 0.6 is 0 Å². The van der Waals surface area contributed by atoms with Gasteiger partial charge in [-0.15, -0.1) is 0 Å². The van der Waals surface area contributed by atoms with E-state index in [9.17, 15) is 4.79 Å². The smallest absolute Gasteiger partial charge is 0.290 e. The SMILES string of the molecule is Cc1cc(C(=O)NC(C)C(c2ccccc2)c2ccccc2)on1. The van der Waals surface area contributed by atoms with Crippen LogP contribution in [-0.4, -0.2) is 17.1 Å². The molecule has 0 saturated heterocycles. The summed E-state index contributed by atoms with van der Waals surface area (Å²) in [5.74, 6) is 0.0413. The maximum atomic E-state index is 12.4. The fourth-order valence-corrected chi connectivity index (χ4v) is 2.92. The molecule has 122 valence electrons. The Labute approximate surface area is 141 Å². The van der Waals surface area contributed by atoms with Gasteiger partial charge in [0, 0.05) is 18.0 Å². The summed E-state index contributed by atoms with van der Waals surface area (Å²) in [6.07, 6.45) is 0. The number of nitrogens with zero attached hydrogens (tertiary/aromatic N) is 1. The standard InChI is InChI=1S/C20H20N2O2/c1-14-13-18(24-22-14)20(23)21-15(2)19(16-9-5-3-6-10-16)17-11-7-4-8-12-17/h3-13,15,19H,1-2H3,(H,21,23). The van der Waals surface area contributed by atoms with Crippen LogP contribution in [0.4, 0.5) is 0 Å². The van der Waals surface area contributed by atoms with E-state index in [0.29, 0.717) is 5.69 Å². The zero-order valence-corrected chi connectivity index (χ0v) is 13.8. The maximum absolute atomic E-state index is 12.4. The molecule has 1 aromatic heterocycles. The van der Waals surface area contributed by atoms with E-state index in [-0.39, 0.29) is 23.6 Å². The van der Waals surface area contributed by atoms with Crippen molar-refractivity contribution in [2.24, 2.45) is 0 Å². The van der Waals surface area contributed by atoms with Crippen molar-refractivity contribution in [2.75, 3.05) is 0 Å². The molecule has 0 aliphatic heterocycles. The molecule has 0 bridgehead atoms. The van der Waals surface area contributed by atoms with E-state index in [2.05, 4.69) is 34.7 Å². The third-order valence-corrected chi connectivity index (χ3v) is 4.03. The average Bonchev–Trinajstić information content (AvgIpc) is 3.04. The second-order valence-corrected chi connectivity index (χ2v) is 5.89. The Hall–Kier alpha value is -2.88. The van der Waals surface area contributed by atoms with Crippen molar-refractivity contribution in [1.82, 2.24) is 10.5 Å². The summed E-state index contributed by atoms with van der Waals surface area (Å²) in [5.41, 5.74) is 3.01. The lowest BCUT2D eigenvalue weighted by Gasteiger charge is -2.25. The summed E-state index contributed by atoms with van der Waals surface area (Å²) < 4.78 is 5.06. The fourth-order valence-electron chi connectivity index (χ4n) is 2.92. The number of aryl methyl sites for hydroxylation is 1. The topological polar surface area (TPSA) is 55.1 Å². The summed E-state index contributed by atoms with van der Waals surface area (Å²) in [5, 5.41) is 6.80. The predicted molar refractivity (Wildman–Crippen MR) is 92.9 cm³/mol. The van der Waals surface area contributed by atoms with E-state index >= 15 is 0 Å². The van der Waals surface area contributed by atoms with Gasteiger partial charge in [0.05, 0.1) is 5.69 Å². The van der Waals surface area contributed by atoms with E-state index in [4.69, 9.17) is 4.52 Å². The van der Waals surface area contributed by atoms with Crippen molar-refractivity contribution in [1.29, 1.82) is 0 Å². The van der Waals surface area contributed by atoms with E-state index in [1.165, 1.54) is 0 Å². The number of amides is 1. The van der Waals surface area contributed by atoms with Crippen LogP contribution in [0.3, 0.4) is 0 Å². The molecule has 4 heteroatoms. The highest BCUT2D eigenvalue weighted by molar-refractivity contribution is 5.91. The minimum absolute atomic E-state index is 0.0559. The molecule has 4 nitrogen and oxygen atoms in total. The maximum Gasteiger partial charge on any atom is 0.290 e. The molecule has 3 aromatic rings. The zero-order valence-electron chi connectivity index (χ0n) is 13.8. The van der Waals surface area contributed by atoms with Gasteiger partial charge < -0.3 is 9.84 Å². The first kappa shape index (κ1) is 16.0. The van der Waals surface area contributed by atoms with Crippen LogP contribution in [0, 0.1) is 6.92 Å². The molecular formula is C20H20N2O2. The van der Waals surface area contributed by atoms with E-state index in [1.54, 1.807) is 13.0 Å². The van der Waals surface area contributed by atoms with Gasteiger partial charge in [-0.1, -0.05) is 65.8 Å². The predicted octanol–water partition coefficient (Wildman–Crippen LogP) is 3.93. The summed E-state index contributed by atoms with van der Waals surface area (Å²) in [7, 11) is 0. The molecule has 0 spiro atoms. The van der Waals surface area contributed by atoms with Gasteiger partial charge in [0.15, 0.2) is 0 Å². The van der Waals surface area contributed by atoms with Gasteiger partial charge in [0.1, 0.15) is 0 Å². The monoisotopic (exact) mass is 320 g/mol. The average molecular weight is 320 g/mol. The molecule has 1 N–H and O–H groups in total. The number of hydrogen-bond acceptors (Lipinski definition) is 3. The molecule has 1 amide bonds. The third-order valence-electron chi connectivity index (χ3n) is 4.03. The summed E-state index contributed by atoms with van der Waals surface area (Å²) >= 11 is 0. The van der Waals surface area contributed by atoms with Gasteiger partial charge in [0.25, 0.3) is 5.91 Å². The lowest BCUT2D eigenvalue weighted by Crippen LogP contribution is -2.37. The molecule has 0 saturated carbocycles. The highest BCUT2D eigenvalue weighted by Gasteiger charge is 2.24. The minimum atomic E-state index is -0.250. The highest BCUT2D eigenvalue weighted by Crippen LogP contribution is 2.28. The van der Waals surface area contributed by atoms with Gasteiger partial charge >= 0.3 is 0 Å². The molecule has 2 aromatic carbocycles. The fraction of sp³-hybridized carbons (Fsp3) is 0.200. The third kappa shape index (κ3) is 3.54. The number of nitrogens with one attached hydrogen (secondary N) is 1. The van der Waals surface area contributed by atoms with Crippen molar-refractivity contribution >= 4 is 5.91 Å². The number of carbonyl (C=O) groups excluding carboxylic acids is 1. The molecule has 24 heavy (non-hydrogen) atoms. The van der Waals surface area contributed by atoms with Crippen LogP contribution < -0.4 is 5.32 Å². The van der Waals surface area contributed by atoms with Crippen molar-refractivity contribution < 1.29 is 9.32 Å². The van der Waals surface area contributed by atoms with E-state index < -0.39 is 0 Å². The van der Waals surface area contributed by atoms with Crippen LogP contribution in [0.1, 0.15) is 40.2 Å². The van der Waals surface area contributed by atoms with E-state index in [1.807, 2.05) is 43.3 Å². The first-order chi connectivity index (χ1) is 11.6. The van der Waals surface area contributed by atoms with Gasteiger partial charge in [-0.25, -0.2) is 0 Å². The largest absolute Gasteiger partial charge is 0.351 e. The Kier molecular flexibility index (Phi) is 4.75. The molecule has 1 atom stereocenters. The van der Waals surface area contributed by atoms with Crippen molar-refractivity contribution in [3.8, 4) is 0 Å². The summed E-state index contributed by atoms with van der Waals surface area (Å²) in [6.45, 7) is 3.80. The molecular weight excluding hydrogens is 300 g/mol. The molecule has 0 aliphatic carbocycles. The van der Waals surface area contributed by atoms with Crippen LogP contribution in [0.2, 0.25) is 0 Å². The lowest BCUT2D eigenvalue weighted by molar-refractivity contribution is 0.0899. The Morgan fingerprint density at radius 1 is 1.00 bits per heavy atom. The number of hydrogen-bond donors (Lipinski definition) is 1. The first-order valence-electron chi connectivity index (χ1n) is 7.99. The first-order valence-corrected chi connectivity index (χ1v) is 7.99. The minimum Gasteiger partial charge on any atom is -0.351 e. The number of rotatable bonds is 5. The molecule has 0 aliphatic rings. The van der Waals surface area contributed by atoms with Crippen LogP contribution in [0.5, 0.6) is 0 Å². The Morgan fingerprint density at radius 3 is 2.00 bits per heavy atom. The Morgan fingerprint density at radius 2 is 1.54 bits per heavy atom. The van der Waals surface area contributed by atoms with Gasteiger partial charge in [0.2, 0.25) is 5.76 Å². The molecule has 1 heterocycles. The summed E-state index contributed by atoms with van der Waals surface area (Å²) in [6, 6.07) is 21.9. The normalized spacial score (nSPS) is 12.1. The Balaban J connectivity index is 1.87. The Bertz CT molecular complexity index is 757. The van der Waals surface area contributed by atoms with Gasteiger partial charge in [-0.2, -0.15) is 0 Å². The van der Waals surface area contributed by atoms with Crippen molar-refractivity contribution in [2.45, 2.75) is 25.8 Å². The quantitative estimate of drug-likeness (QED) is 0.775. The van der Waals surface area contributed by atoms with E-state index in [0.717, 1.165) is 11.1 Å². The van der Waals surface area contributed by atoms with Gasteiger partial charge in [-0.3, -0.25) is 4.79 Å². The highest BCUT2D eigenvalue weighted by atomic mass is 16.5. The second-order valence-electron chi connectivity index (χ2n) is 5.89. The van der Waals surface area contributed by atoms with Crippen molar-refractivity contribution in [3.05, 3.63) is 89.3 Å². The number of carbonyl (C=O) groups is 1. The van der Waals surface area contributed by atoms with Gasteiger partial charge in [-0.05, 0) is 25.0 Å². The number of aromatic nitrogens is 1.